The summed E-state index contributed by atoms with van der Waals surface area (Å²) in [5.74, 6) is 0.0699. The van der Waals surface area contributed by atoms with Gasteiger partial charge in [0, 0.05) is 36.7 Å². The van der Waals surface area contributed by atoms with Crippen LogP contribution in [-0.2, 0) is 4.74 Å². The summed E-state index contributed by atoms with van der Waals surface area (Å²) in [6.45, 7) is 2.59. The number of amides is 1. The Morgan fingerprint density at radius 3 is 2.53 bits per heavy atom. The average molecular weight is 257 g/mol. The van der Waals surface area contributed by atoms with Gasteiger partial charge >= 0.3 is 0 Å². The molecular weight excluding hydrogens is 242 g/mol. The van der Waals surface area contributed by atoms with E-state index >= 15 is 0 Å². The van der Waals surface area contributed by atoms with Crippen molar-refractivity contribution in [2.75, 3.05) is 26.3 Å². The number of benzene rings is 1. The molecule has 1 aromatic carbocycles. The van der Waals surface area contributed by atoms with Gasteiger partial charge in [-0.2, -0.15) is 0 Å². The van der Waals surface area contributed by atoms with E-state index < -0.39 is 0 Å². The topological polar surface area (TPSA) is 47.4 Å². The highest BCUT2D eigenvalue weighted by Crippen LogP contribution is 2.12. The van der Waals surface area contributed by atoms with Crippen molar-refractivity contribution in [1.29, 1.82) is 0 Å². The molecule has 1 amide bonds. The number of ether oxygens (including phenoxy) is 1. The molecule has 0 aliphatic carbocycles. The first-order chi connectivity index (χ1) is 9.34. The van der Waals surface area contributed by atoms with Crippen molar-refractivity contribution in [1.82, 2.24) is 14.5 Å². The van der Waals surface area contributed by atoms with Crippen molar-refractivity contribution in [3.05, 3.63) is 48.5 Å². The summed E-state index contributed by atoms with van der Waals surface area (Å²) in [6.07, 6.45) is 5.34. The van der Waals surface area contributed by atoms with E-state index in [-0.39, 0.29) is 5.91 Å². The van der Waals surface area contributed by atoms with E-state index in [0.717, 1.165) is 5.69 Å². The molecule has 2 heterocycles. The van der Waals surface area contributed by atoms with Crippen molar-refractivity contribution < 1.29 is 9.53 Å². The summed E-state index contributed by atoms with van der Waals surface area (Å²) in [5.41, 5.74) is 1.71. The SMILES string of the molecule is O=C(c1ccc(-n2ccnc2)cc1)N1CCOCC1. The van der Waals surface area contributed by atoms with Gasteiger partial charge in [0.25, 0.3) is 5.91 Å². The molecule has 1 aromatic heterocycles. The molecule has 1 saturated heterocycles. The zero-order valence-corrected chi connectivity index (χ0v) is 10.5. The Labute approximate surface area is 111 Å². The summed E-state index contributed by atoms with van der Waals surface area (Å²) >= 11 is 0. The van der Waals surface area contributed by atoms with Gasteiger partial charge in [0.15, 0.2) is 0 Å². The van der Waals surface area contributed by atoms with Crippen molar-refractivity contribution in [3.8, 4) is 5.69 Å². The lowest BCUT2D eigenvalue weighted by molar-refractivity contribution is 0.0303. The maximum atomic E-state index is 12.2. The second-order valence-electron chi connectivity index (χ2n) is 4.42. The number of hydrogen-bond acceptors (Lipinski definition) is 3. The molecule has 0 radical (unpaired) electrons. The predicted molar refractivity (Wildman–Crippen MR) is 70.3 cm³/mol. The van der Waals surface area contributed by atoms with E-state index in [2.05, 4.69) is 4.98 Å². The minimum Gasteiger partial charge on any atom is -0.378 e. The van der Waals surface area contributed by atoms with Gasteiger partial charge in [0.2, 0.25) is 0 Å². The molecule has 0 N–H and O–H groups in total. The van der Waals surface area contributed by atoms with Crippen LogP contribution in [0.3, 0.4) is 0 Å². The fraction of sp³-hybridized carbons (Fsp3) is 0.286. The molecule has 0 atom stereocenters. The molecule has 0 saturated carbocycles. The van der Waals surface area contributed by atoms with E-state index in [1.165, 1.54) is 0 Å². The molecule has 19 heavy (non-hydrogen) atoms. The molecule has 1 aliphatic rings. The highest BCUT2D eigenvalue weighted by Gasteiger charge is 2.18. The minimum absolute atomic E-state index is 0.0699. The molecule has 3 rings (SSSR count). The van der Waals surface area contributed by atoms with Crippen LogP contribution in [0.1, 0.15) is 10.4 Å². The Hall–Kier alpha value is -2.14. The van der Waals surface area contributed by atoms with E-state index in [1.54, 1.807) is 12.5 Å². The van der Waals surface area contributed by atoms with Gasteiger partial charge in [0.05, 0.1) is 19.5 Å². The molecule has 5 nitrogen and oxygen atoms in total. The summed E-state index contributed by atoms with van der Waals surface area (Å²) < 4.78 is 7.16. The molecule has 0 spiro atoms. The van der Waals surface area contributed by atoms with Crippen molar-refractivity contribution in [2.45, 2.75) is 0 Å². The van der Waals surface area contributed by atoms with Crippen LogP contribution in [0.15, 0.2) is 43.0 Å². The second-order valence-corrected chi connectivity index (χ2v) is 4.42. The van der Waals surface area contributed by atoms with E-state index in [0.29, 0.717) is 31.9 Å². The number of aromatic nitrogens is 2. The Kier molecular flexibility index (Phi) is 3.29. The maximum Gasteiger partial charge on any atom is 0.254 e. The second kappa shape index (κ2) is 5.24. The molecular formula is C14H15N3O2. The lowest BCUT2D eigenvalue weighted by atomic mass is 10.1. The number of hydrogen-bond donors (Lipinski definition) is 0. The number of morpholine rings is 1. The number of carbonyl (C=O) groups is 1. The summed E-state index contributed by atoms with van der Waals surface area (Å²) in [7, 11) is 0. The Morgan fingerprint density at radius 1 is 1.16 bits per heavy atom. The van der Waals surface area contributed by atoms with Crippen LogP contribution in [0.5, 0.6) is 0 Å². The number of nitrogens with zero attached hydrogens (tertiary/aromatic N) is 3. The van der Waals surface area contributed by atoms with Gasteiger partial charge in [-0.05, 0) is 24.3 Å². The predicted octanol–water partition coefficient (Wildman–Crippen LogP) is 1.34. The van der Waals surface area contributed by atoms with Crippen LogP contribution in [0.4, 0.5) is 0 Å². The molecule has 0 unspecified atom stereocenters. The monoisotopic (exact) mass is 257 g/mol. The van der Waals surface area contributed by atoms with E-state index in [9.17, 15) is 4.79 Å². The standard InChI is InChI=1S/C14H15N3O2/c18-14(16-7-9-19-10-8-16)12-1-3-13(4-2-12)17-6-5-15-11-17/h1-6,11H,7-10H2. The first-order valence-electron chi connectivity index (χ1n) is 6.30. The van der Waals surface area contributed by atoms with Gasteiger partial charge < -0.3 is 14.2 Å². The van der Waals surface area contributed by atoms with Gasteiger partial charge in [-0.15, -0.1) is 0 Å². The van der Waals surface area contributed by atoms with E-state index in [1.807, 2.05) is 39.9 Å². The smallest absolute Gasteiger partial charge is 0.254 e. The van der Waals surface area contributed by atoms with Crippen molar-refractivity contribution >= 4 is 5.91 Å². The van der Waals surface area contributed by atoms with Gasteiger partial charge in [-0.25, -0.2) is 4.98 Å². The van der Waals surface area contributed by atoms with Crippen molar-refractivity contribution in [2.24, 2.45) is 0 Å². The quantitative estimate of drug-likeness (QED) is 0.815. The van der Waals surface area contributed by atoms with E-state index in [4.69, 9.17) is 4.74 Å². The molecule has 2 aromatic rings. The average Bonchev–Trinajstić information content (AvgIpc) is 3.02. The first-order valence-corrected chi connectivity index (χ1v) is 6.30. The van der Waals surface area contributed by atoms with Crippen LogP contribution < -0.4 is 0 Å². The first kappa shape index (κ1) is 11.9. The number of imidazole rings is 1. The number of rotatable bonds is 2. The molecule has 0 bridgehead atoms. The van der Waals surface area contributed by atoms with Crippen LogP contribution in [-0.4, -0.2) is 46.7 Å². The van der Waals surface area contributed by atoms with Crippen molar-refractivity contribution in [3.63, 3.8) is 0 Å². The maximum absolute atomic E-state index is 12.2. The summed E-state index contributed by atoms with van der Waals surface area (Å²) in [6, 6.07) is 7.56. The Bertz CT molecular complexity index is 543. The van der Waals surface area contributed by atoms with Gasteiger partial charge in [-0.1, -0.05) is 0 Å². The fourth-order valence-corrected chi connectivity index (χ4v) is 2.14. The van der Waals surface area contributed by atoms with Gasteiger partial charge in [-0.3, -0.25) is 4.79 Å². The minimum atomic E-state index is 0.0699. The lowest BCUT2D eigenvalue weighted by Crippen LogP contribution is -2.40. The largest absolute Gasteiger partial charge is 0.378 e. The molecule has 5 heteroatoms. The Balaban J connectivity index is 1.76. The summed E-state index contributed by atoms with van der Waals surface area (Å²) in [5, 5.41) is 0. The highest BCUT2D eigenvalue weighted by atomic mass is 16.5. The Morgan fingerprint density at radius 2 is 1.89 bits per heavy atom. The lowest BCUT2D eigenvalue weighted by Gasteiger charge is -2.26. The fourth-order valence-electron chi connectivity index (χ4n) is 2.14. The number of carbonyl (C=O) groups excluding carboxylic acids is 1. The zero-order chi connectivity index (χ0) is 13.1. The van der Waals surface area contributed by atoms with Gasteiger partial charge in [0.1, 0.15) is 0 Å². The molecule has 98 valence electrons. The normalized spacial score (nSPS) is 15.5. The molecule has 1 fully saturated rings. The third-order valence-corrected chi connectivity index (χ3v) is 3.22. The highest BCUT2D eigenvalue weighted by molar-refractivity contribution is 5.94. The van der Waals surface area contributed by atoms with Crippen LogP contribution in [0, 0.1) is 0 Å². The molecule has 1 aliphatic heterocycles. The zero-order valence-electron chi connectivity index (χ0n) is 10.5. The van der Waals surface area contributed by atoms with Crippen LogP contribution in [0.25, 0.3) is 5.69 Å². The summed E-state index contributed by atoms with van der Waals surface area (Å²) in [4.78, 5) is 18.1. The third-order valence-electron chi connectivity index (χ3n) is 3.22. The van der Waals surface area contributed by atoms with Crippen LogP contribution in [0.2, 0.25) is 0 Å². The third kappa shape index (κ3) is 2.51. The van der Waals surface area contributed by atoms with Crippen LogP contribution >= 0.6 is 0 Å².